The SMILES string of the molecule is COc1ccc(-c2cc(F)ccc2CC(c2cccnc2)c2cccnc2)cc1F. The fraction of sp³-hybridized carbons (Fsp3) is 0.120. The number of hydrogen-bond acceptors (Lipinski definition) is 3. The zero-order chi connectivity index (χ0) is 20.9. The Hall–Kier alpha value is -3.60. The second-order valence-corrected chi connectivity index (χ2v) is 6.98. The maximum Gasteiger partial charge on any atom is 0.165 e. The van der Waals surface area contributed by atoms with Crippen molar-refractivity contribution in [2.75, 3.05) is 7.11 Å². The van der Waals surface area contributed by atoms with Crippen LogP contribution in [-0.2, 0) is 6.42 Å². The van der Waals surface area contributed by atoms with Gasteiger partial charge in [-0.1, -0.05) is 24.3 Å². The number of aromatic nitrogens is 2. The van der Waals surface area contributed by atoms with Crippen molar-refractivity contribution in [3.63, 3.8) is 0 Å². The number of ether oxygens (including phenoxy) is 1. The number of halogens is 2. The minimum atomic E-state index is -0.485. The molecule has 0 saturated carbocycles. The summed E-state index contributed by atoms with van der Waals surface area (Å²) in [7, 11) is 1.41. The van der Waals surface area contributed by atoms with Crippen LogP contribution in [0.15, 0.2) is 85.5 Å². The monoisotopic (exact) mass is 402 g/mol. The van der Waals surface area contributed by atoms with Gasteiger partial charge in [-0.15, -0.1) is 0 Å². The van der Waals surface area contributed by atoms with Crippen molar-refractivity contribution in [1.29, 1.82) is 0 Å². The predicted octanol–water partition coefficient (Wildman–Crippen LogP) is 5.81. The average molecular weight is 402 g/mol. The summed E-state index contributed by atoms with van der Waals surface area (Å²) in [4.78, 5) is 8.51. The smallest absolute Gasteiger partial charge is 0.165 e. The van der Waals surface area contributed by atoms with Crippen LogP contribution >= 0.6 is 0 Å². The van der Waals surface area contributed by atoms with E-state index in [0.717, 1.165) is 16.7 Å². The van der Waals surface area contributed by atoms with E-state index in [1.165, 1.54) is 25.3 Å². The van der Waals surface area contributed by atoms with E-state index in [1.54, 1.807) is 30.6 Å². The van der Waals surface area contributed by atoms with E-state index in [2.05, 4.69) is 9.97 Å². The molecule has 150 valence electrons. The second kappa shape index (κ2) is 8.82. The summed E-state index contributed by atoms with van der Waals surface area (Å²) in [5.41, 5.74) is 4.20. The molecule has 0 aliphatic heterocycles. The van der Waals surface area contributed by atoms with Gasteiger partial charge in [0.1, 0.15) is 5.82 Å². The van der Waals surface area contributed by atoms with Crippen molar-refractivity contribution >= 4 is 0 Å². The van der Waals surface area contributed by atoms with E-state index in [0.29, 0.717) is 17.5 Å². The fourth-order valence-corrected chi connectivity index (χ4v) is 3.64. The second-order valence-electron chi connectivity index (χ2n) is 6.98. The first-order valence-corrected chi connectivity index (χ1v) is 9.58. The van der Waals surface area contributed by atoms with E-state index < -0.39 is 5.82 Å². The van der Waals surface area contributed by atoms with Crippen LogP contribution in [0.3, 0.4) is 0 Å². The number of methoxy groups -OCH3 is 1. The van der Waals surface area contributed by atoms with Gasteiger partial charge < -0.3 is 4.74 Å². The normalized spacial score (nSPS) is 10.9. The van der Waals surface area contributed by atoms with Crippen LogP contribution in [0.25, 0.3) is 11.1 Å². The molecule has 2 heterocycles. The molecule has 0 atom stereocenters. The van der Waals surface area contributed by atoms with Crippen molar-refractivity contribution in [3.05, 3.63) is 114 Å². The van der Waals surface area contributed by atoms with Gasteiger partial charge >= 0.3 is 0 Å². The van der Waals surface area contributed by atoms with Crippen LogP contribution < -0.4 is 4.74 Å². The molecule has 0 N–H and O–H groups in total. The van der Waals surface area contributed by atoms with Gasteiger partial charge in [-0.05, 0) is 70.6 Å². The number of pyridine rings is 2. The summed E-state index contributed by atoms with van der Waals surface area (Å²) in [6.45, 7) is 0. The minimum absolute atomic E-state index is 0.0280. The molecule has 0 amide bonds. The quantitative estimate of drug-likeness (QED) is 0.409. The Morgan fingerprint density at radius 2 is 1.57 bits per heavy atom. The van der Waals surface area contributed by atoms with Crippen molar-refractivity contribution in [3.8, 4) is 16.9 Å². The van der Waals surface area contributed by atoms with E-state index in [9.17, 15) is 8.78 Å². The van der Waals surface area contributed by atoms with Crippen molar-refractivity contribution in [1.82, 2.24) is 9.97 Å². The van der Waals surface area contributed by atoms with Crippen molar-refractivity contribution < 1.29 is 13.5 Å². The minimum Gasteiger partial charge on any atom is -0.494 e. The van der Waals surface area contributed by atoms with Crippen LogP contribution in [0, 0.1) is 11.6 Å². The molecule has 0 aliphatic carbocycles. The molecule has 5 heteroatoms. The third-order valence-corrected chi connectivity index (χ3v) is 5.13. The van der Waals surface area contributed by atoms with Crippen LogP contribution in [0.5, 0.6) is 5.75 Å². The van der Waals surface area contributed by atoms with Gasteiger partial charge in [-0.3, -0.25) is 9.97 Å². The zero-order valence-corrected chi connectivity index (χ0v) is 16.4. The molecule has 0 fully saturated rings. The van der Waals surface area contributed by atoms with Gasteiger partial charge in [0.25, 0.3) is 0 Å². The van der Waals surface area contributed by atoms with Gasteiger partial charge in [-0.25, -0.2) is 8.78 Å². The Bertz CT molecular complexity index is 1090. The Morgan fingerprint density at radius 3 is 2.13 bits per heavy atom. The summed E-state index contributed by atoms with van der Waals surface area (Å²) < 4.78 is 33.5. The molecule has 0 aliphatic rings. The zero-order valence-electron chi connectivity index (χ0n) is 16.4. The van der Waals surface area contributed by atoms with Gasteiger partial charge in [-0.2, -0.15) is 0 Å². The van der Waals surface area contributed by atoms with E-state index in [-0.39, 0.29) is 17.5 Å². The Labute approximate surface area is 174 Å². The highest BCUT2D eigenvalue weighted by Gasteiger charge is 2.19. The summed E-state index contributed by atoms with van der Waals surface area (Å²) in [6.07, 6.45) is 7.70. The first kappa shape index (κ1) is 19.7. The lowest BCUT2D eigenvalue weighted by atomic mass is 9.85. The standard InChI is InChI=1S/C25H20F2N2O/c1-30-25-9-7-18(13-24(25)27)23-14-21(26)8-6-17(23)12-22(19-4-2-10-28-15-19)20-5-3-11-29-16-20/h2-11,13-16,22H,12H2,1H3. The molecule has 2 aromatic carbocycles. The molecule has 4 rings (SSSR count). The van der Waals surface area contributed by atoms with Gasteiger partial charge in [0.2, 0.25) is 0 Å². The van der Waals surface area contributed by atoms with Crippen LogP contribution in [-0.4, -0.2) is 17.1 Å². The molecule has 4 aromatic rings. The molecule has 2 aromatic heterocycles. The topological polar surface area (TPSA) is 35.0 Å². The largest absolute Gasteiger partial charge is 0.494 e. The average Bonchev–Trinajstić information content (AvgIpc) is 2.79. The highest BCUT2D eigenvalue weighted by atomic mass is 19.1. The lowest BCUT2D eigenvalue weighted by Gasteiger charge is -2.20. The van der Waals surface area contributed by atoms with Crippen molar-refractivity contribution in [2.24, 2.45) is 0 Å². The van der Waals surface area contributed by atoms with Crippen molar-refractivity contribution in [2.45, 2.75) is 12.3 Å². The Balaban J connectivity index is 1.79. The molecule has 0 saturated heterocycles. The maximum atomic E-state index is 14.3. The number of nitrogens with zero attached hydrogens (tertiary/aromatic N) is 2. The summed E-state index contributed by atoms with van der Waals surface area (Å²) >= 11 is 0. The maximum absolute atomic E-state index is 14.3. The van der Waals surface area contributed by atoms with Gasteiger partial charge in [0, 0.05) is 30.7 Å². The number of rotatable bonds is 6. The van der Waals surface area contributed by atoms with E-state index in [4.69, 9.17) is 4.74 Å². The summed E-state index contributed by atoms with van der Waals surface area (Å²) in [6, 6.07) is 17.1. The molecule has 0 unspecified atom stereocenters. The number of benzene rings is 2. The third-order valence-electron chi connectivity index (χ3n) is 5.13. The van der Waals surface area contributed by atoms with E-state index in [1.807, 2.05) is 36.7 Å². The lowest BCUT2D eigenvalue weighted by molar-refractivity contribution is 0.386. The highest BCUT2D eigenvalue weighted by Crippen LogP contribution is 2.34. The molecule has 0 radical (unpaired) electrons. The molecule has 30 heavy (non-hydrogen) atoms. The molecular formula is C25H20F2N2O. The first-order chi connectivity index (χ1) is 14.7. The highest BCUT2D eigenvalue weighted by molar-refractivity contribution is 5.68. The summed E-state index contributed by atoms with van der Waals surface area (Å²) in [5, 5.41) is 0. The molecular weight excluding hydrogens is 382 g/mol. The Morgan fingerprint density at radius 1 is 0.867 bits per heavy atom. The first-order valence-electron chi connectivity index (χ1n) is 9.58. The molecule has 0 bridgehead atoms. The third kappa shape index (κ3) is 4.20. The number of hydrogen-bond donors (Lipinski definition) is 0. The van der Waals surface area contributed by atoms with E-state index >= 15 is 0 Å². The predicted molar refractivity (Wildman–Crippen MR) is 112 cm³/mol. The van der Waals surface area contributed by atoms with Gasteiger partial charge in [0.15, 0.2) is 11.6 Å². The Kier molecular flexibility index (Phi) is 5.80. The summed E-state index contributed by atoms with van der Waals surface area (Å²) in [5.74, 6) is -0.731. The van der Waals surface area contributed by atoms with Crippen LogP contribution in [0.2, 0.25) is 0 Å². The fourth-order valence-electron chi connectivity index (χ4n) is 3.64. The molecule has 3 nitrogen and oxygen atoms in total. The van der Waals surface area contributed by atoms with Crippen LogP contribution in [0.4, 0.5) is 8.78 Å². The van der Waals surface area contributed by atoms with Crippen LogP contribution in [0.1, 0.15) is 22.6 Å². The lowest BCUT2D eigenvalue weighted by Crippen LogP contribution is -2.07. The molecule has 0 spiro atoms. The van der Waals surface area contributed by atoms with Gasteiger partial charge in [0.05, 0.1) is 7.11 Å².